The molecule has 1 fully saturated rings. The highest BCUT2D eigenvalue weighted by Crippen LogP contribution is 2.30. The minimum absolute atomic E-state index is 0.00885. The number of hydrogen-bond donors (Lipinski definition) is 2. The molecule has 8 nitrogen and oxygen atoms in total. The predicted octanol–water partition coefficient (Wildman–Crippen LogP) is 4.86. The van der Waals surface area contributed by atoms with Crippen LogP contribution in [0.15, 0.2) is 42.5 Å². The first kappa shape index (κ1) is 26.7. The number of carbonyl (C=O) groups is 2. The summed E-state index contributed by atoms with van der Waals surface area (Å²) in [6.07, 6.45) is 4.89. The van der Waals surface area contributed by atoms with Gasteiger partial charge in [0.15, 0.2) is 0 Å². The summed E-state index contributed by atoms with van der Waals surface area (Å²) < 4.78 is 7.02. The van der Waals surface area contributed by atoms with Gasteiger partial charge in [0, 0.05) is 18.8 Å². The summed E-state index contributed by atoms with van der Waals surface area (Å²) >= 11 is 0. The molecular weight excluding hydrogens is 466 g/mol. The maximum atomic E-state index is 12.8. The second-order valence-electron chi connectivity index (χ2n) is 10.2. The van der Waals surface area contributed by atoms with Crippen molar-refractivity contribution in [3.63, 3.8) is 0 Å². The molecule has 1 aromatic heterocycles. The largest absolute Gasteiger partial charge is 0.465 e. The summed E-state index contributed by atoms with van der Waals surface area (Å²) in [5, 5.41) is 6.40. The molecule has 0 bridgehead atoms. The van der Waals surface area contributed by atoms with Crippen LogP contribution in [0.2, 0.25) is 0 Å². The van der Waals surface area contributed by atoms with Crippen LogP contribution in [-0.2, 0) is 21.5 Å². The first-order valence-corrected chi connectivity index (χ1v) is 13.3. The number of nitrogens with zero attached hydrogens (tertiary/aromatic N) is 3. The molecule has 2 N–H and O–H groups in total. The summed E-state index contributed by atoms with van der Waals surface area (Å²) in [5.74, 6) is 0.390. The van der Waals surface area contributed by atoms with Crippen molar-refractivity contribution in [3.05, 3.63) is 53.6 Å². The van der Waals surface area contributed by atoms with E-state index in [4.69, 9.17) is 9.72 Å². The molecular formula is C29H39N5O3. The number of piperidine rings is 1. The van der Waals surface area contributed by atoms with Crippen molar-refractivity contribution in [2.75, 3.05) is 38.6 Å². The monoisotopic (exact) mass is 505 g/mol. The molecule has 8 heteroatoms. The maximum absolute atomic E-state index is 12.8. The van der Waals surface area contributed by atoms with Crippen molar-refractivity contribution >= 4 is 34.5 Å². The summed E-state index contributed by atoms with van der Waals surface area (Å²) in [6.45, 7) is 10.7. The fourth-order valence-corrected chi connectivity index (χ4v) is 4.92. The van der Waals surface area contributed by atoms with Gasteiger partial charge < -0.3 is 24.8 Å². The number of fused-ring (bicyclic) bond motifs is 1. The lowest BCUT2D eigenvalue weighted by Gasteiger charge is -2.26. The van der Waals surface area contributed by atoms with Crippen LogP contribution in [0.1, 0.15) is 62.4 Å². The van der Waals surface area contributed by atoms with Crippen molar-refractivity contribution in [1.29, 1.82) is 0 Å². The van der Waals surface area contributed by atoms with E-state index in [-0.39, 0.29) is 11.9 Å². The van der Waals surface area contributed by atoms with E-state index < -0.39 is 5.41 Å². The Hall–Kier alpha value is -3.39. The number of esters is 1. The normalized spacial score (nSPS) is 14.5. The molecule has 1 aliphatic heterocycles. The van der Waals surface area contributed by atoms with Crippen LogP contribution < -0.4 is 10.6 Å². The smallest absolute Gasteiger partial charge is 0.337 e. The predicted molar refractivity (Wildman–Crippen MR) is 147 cm³/mol. The van der Waals surface area contributed by atoms with Gasteiger partial charge in [0.1, 0.15) is 0 Å². The number of amides is 1. The van der Waals surface area contributed by atoms with Gasteiger partial charge in [-0.1, -0.05) is 12.5 Å². The Morgan fingerprint density at radius 1 is 1.03 bits per heavy atom. The third-order valence-electron chi connectivity index (χ3n) is 7.24. The third-order valence-corrected chi connectivity index (χ3v) is 7.24. The lowest BCUT2D eigenvalue weighted by Crippen LogP contribution is -2.39. The molecule has 4 rings (SSSR count). The zero-order chi connectivity index (χ0) is 26.4. The zero-order valence-corrected chi connectivity index (χ0v) is 22.5. The molecule has 2 aromatic carbocycles. The number of methoxy groups -OCH3 is 1. The number of likely N-dealkylation sites (N-methyl/N-ethyl adjacent to an activating group) is 1. The van der Waals surface area contributed by atoms with Gasteiger partial charge in [0.2, 0.25) is 11.9 Å². The average Bonchev–Trinajstić information content (AvgIpc) is 3.25. The van der Waals surface area contributed by atoms with Gasteiger partial charge in [0.25, 0.3) is 0 Å². The van der Waals surface area contributed by atoms with Crippen LogP contribution in [0.4, 0.5) is 11.6 Å². The van der Waals surface area contributed by atoms with E-state index in [1.807, 2.05) is 45.0 Å². The van der Waals surface area contributed by atoms with E-state index in [1.165, 1.54) is 39.5 Å². The van der Waals surface area contributed by atoms with Crippen molar-refractivity contribution in [1.82, 2.24) is 19.8 Å². The first-order valence-electron chi connectivity index (χ1n) is 13.3. The van der Waals surface area contributed by atoms with E-state index in [2.05, 4.69) is 26.2 Å². The van der Waals surface area contributed by atoms with Crippen LogP contribution in [-0.4, -0.2) is 59.6 Å². The Bertz CT molecular complexity index is 1230. The summed E-state index contributed by atoms with van der Waals surface area (Å²) in [6, 6.07) is 13.3. The summed E-state index contributed by atoms with van der Waals surface area (Å²) in [4.78, 5) is 32.1. The van der Waals surface area contributed by atoms with Crippen molar-refractivity contribution in [2.24, 2.45) is 0 Å². The number of benzene rings is 2. The highest BCUT2D eigenvalue weighted by atomic mass is 16.5. The van der Waals surface area contributed by atoms with Crippen LogP contribution in [0, 0.1) is 0 Å². The second-order valence-corrected chi connectivity index (χ2v) is 10.2. The van der Waals surface area contributed by atoms with E-state index in [9.17, 15) is 9.59 Å². The Morgan fingerprint density at radius 2 is 1.76 bits per heavy atom. The molecule has 0 aliphatic carbocycles. The highest BCUT2D eigenvalue weighted by molar-refractivity contribution is 5.90. The molecule has 0 spiro atoms. The number of carbonyl (C=O) groups excluding carboxylic acids is 2. The second kappa shape index (κ2) is 11.8. The van der Waals surface area contributed by atoms with Crippen molar-refractivity contribution in [3.8, 4) is 0 Å². The zero-order valence-electron chi connectivity index (χ0n) is 22.5. The van der Waals surface area contributed by atoms with Gasteiger partial charge in [-0.05, 0) is 102 Å². The number of anilines is 2. The van der Waals surface area contributed by atoms with Crippen LogP contribution in [0.25, 0.3) is 11.0 Å². The molecule has 1 amide bonds. The number of rotatable bonds is 10. The Morgan fingerprint density at radius 3 is 2.43 bits per heavy atom. The van der Waals surface area contributed by atoms with Crippen LogP contribution in [0.3, 0.4) is 0 Å². The van der Waals surface area contributed by atoms with E-state index >= 15 is 0 Å². The number of aromatic nitrogens is 2. The molecule has 0 saturated carbocycles. The molecule has 198 valence electrons. The Labute approximate surface area is 219 Å². The topological polar surface area (TPSA) is 88.5 Å². The SMILES string of the molecule is CCNC(=O)C(C)(C)c1ccc2nc(Nc3ccc(C(=O)OC)cc3)n(CCCN3CCCCC3)c2c1. The highest BCUT2D eigenvalue weighted by Gasteiger charge is 2.30. The molecule has 1 aliphatic rings. The van der Waals surface area contributed by atoms with Gasteiger partial charge in [-0.3, -0.25) is 4.79 Å². The number of likely N-dealkylation sites (tertiary alicyclic amines) is 1. The van der Waals surface area contributed by atoms with Crippen molar-refractivity contribution < 1.29 is 14.3 Å². The van der Waals surface area contributed by atoms with E-state index in [0.717, 1.165) is 47.7 Å². The first-order chi connectivity index (χ1) is 17.8. The van der Waals surface area contributed by atoms with E-state index in [1.54, 1.807) is 12.1 Å². The van der Waals surface area contributed by atoms with E-state index in [0.29, 0.717) is 12.1 Å². The Balaban J connectivity index is 1.64. The van der Waals surface area contributed by atoms with Crippen LogP contribution in [0.5, 0.6) is 0 Å². The number of imidazole rings is 1. The third kappa shape index (κ3) is 6.13. The quantitative estimate of drug-likeness (QED) is 0.383. The van der Waals surface area contributed by atoms with Gasteiger partial charge in [-0.15, -0.1) is 0 Å². The number of ether oxygens (including phenoxy) is 1. The fourth-order valence-electron chi connectivity index (χ4n) is 4.92. The molecule has 0 unspecified atom stereocenters. The lowest BCUT2D eigenvalue weighted by atomic mass is 9.83. The fraction of sp³-hybridized carbons (Fsp3) is 0.483. The van der Waals surface area contributed by atoms with Crippen LogP contribution >= 0.6 is 0 Å². The standard InChI is InChI=1S/C29H39N5O3/c1-5-30-27(36)29(2,3)22-12-15-24-25(20-22)34(19-9-18-33-16-7-6-8-17-33)28(32-24)31-23-13-10-21(11-14-23)26(35)37-4/h10-15,20H,5-9,16-19H2,1-4H3,(H,30,36)(H,31,32). The molecule has 1 saturated heterocycles. The van der Waals surface area contributed by atoms with Gasteiger partial charge in [-0.25, -0.2) is 9.78 Å². The average molecular weight is 506 g/mol. The van der Waals surface area contributed by atoms with Gasteiger partial charge >= 0.3 is 5.97 Å². The lowest BCUT2D eigenvalue weighted by molar-refractivity contribution is -0.125. The van der Waals surface area contributed by atoms with Gasteiger partial charge in [0.05, 0.1) is 29.1 Å². The van der Waals surface area contributed by atoms with Gasteiger partial charge in [-0.2, -0.15) is 0 Å². The number of nitrogens with one attached hydrogen (secondary N) is 2. The minimum Gasteiger partial charge on any atom is -0.465 e. The number of hydrogen-bond acceptors (Lipinski definition) is 6. The summed E-state index contributed by atoms with van der Waals surface area (Å²) in [5.41, 5.74) is 3.51. The molecule has 0 radical (unpaired) electrons. The molecule has 37 heavy (non-hydrogen) atoms. The maximum Gasteiger partial charge on any atom is 0.337 e. The molecule has 0 atom stereocenters. The Kier molecular flexibility index (Phi) is 8.48. The molecule has 2 heterocycles. The number of aryl methyl sites for hydroxylation is 1. The van der Waals surface area contributed by atoms with Crippen molar-refractivity contribution in [2.45, 2.75) is 58.4 Å². The molecule has 3 aromatic rings. The summed E-state index contributed by atoms with van der Waals surface area (Å²) in [7, 11) is 1.38. The minimum atomic E-state index is -0.662.